The Labute approximate surface area is 80.8 Å². The summed E-state index contributed by atoms with van der Waals surface area (Å²) in [6.45, 7) is 3.27. The van der Waals surface area contributed by atoms with Crippen LogP contribution in [0.5, 0.6) is 0 Å². The van der Waals surface area contributed by atoms with Crippen LogP contribution >= 0.6 is 0 Å². The molecule has 76 valence electrons. The molecule has 0 saturated carbocycles. The summed E-state index contributed by atoms with van der Waals surface area (Å²) >= 11 is 0. The molecule has 1 aromatic rings. The van der Waals surface area contributed by atoms with Crippen LogP contribution in [0, 0.1) is 12.7 Å². The molecule has 0 aromatic carbocycles. The summed E-state index contributed by atoms with van der Waals surface area (Å²) in [5.74, 6) is -0.292. The van der Waals surface area contributed by atoms with Gasteiger partial charge in [0.05, 0.1) is 5.69 Å². The van der Waals surface area contributed by atoms with Gasteiger partial charge in [-0.15, -0.1) is 0 Å². The highest BCUT2D eigenvalue weighted by atomic mass is 19.1. The smallest absolute Gasteiger partial charge is 0.288 e. The molecule has 2 heterocycles. The van der Waals surface area contributed by atoms with Crippen LogP contribution in [0.1, 0.15) is 18.5 Å². The topological polar surface area (TPSA) is 49.0 Å². The van der Waals surface area contributed by atoms with Crippen molar-refractivity contribution in [3.63, 3.8) is 0 Å². The largest absolute Gasteiger partial charge is 0.342 e. The zero-order valence-corrected chi connectivity index (χ0v) is 8.01. The number of nitrogens with one attached hydrogen (secondary N) is 1. The average molecular weight is 197 g/mol. The Morgan fingerprint density at radius 2 is 2.07 bits per heavy atom. The number of hydrogen-bond donors (Lipinski definition) is 1. The maximum absolute atomic E-state index is 13.0. The number of anilines is 1. The van der Waals surface area contributed by atoms with Crippen LogP contribution in [0.25, 0.3) is 0 Å². The van der Waals surface area contributed by atoms with E-state index in [9.17, 15) is 9.18 Å². The van der Waals surface area contributed by atoms with Crippen molar-refractivity contribution in [1.29, 1.82) is 0 Å². The molecule has 1 aromatic heterocycles. The van der Waals surface area contributed by atoms with Gasteiger partial charge in [-0.05, 0) is 19.8 Å². The number of hydrogen-bond acceptors (Lipinski definition) is 3. The zero-order chi connectivity index (χ0) is 10.1. The number of aromatic amines is 1. The van der Waals surface area contributed by atoms with Crippen LogP contribution < -0.4 is 10.5 Å². The van der Waals surface area contributed by atoms with Crippen molar-refractivity contribution < 1.29 is 4.39 Å². The molecule has 0 radical (unpaired) electrons. The van der Waals surface area contributed by atoms with E-state index in [2.05, 4.69) is 9.97 Å². The lowest BCUT2D eigenvalue weighted by Gasteiger charge is -2.15. The third-order valence-corrected chi connectivity index (χ3v) is 2.42. The molecule has 5 heteroatoms. The molecule has 0 unspecified atom stereocenters. The fraction of sp³-hybridized carbons (Fsp3) is 0.556. The molecule has 0 bridgehead atoms. The molecular formula is C9H12FN3O. The lowest BCUT2D eigenvalue weighted by Crippen LogP contribution is -2.26. The van der Waals surface area contributed by atoms with Gasteiger partial charge in [-0.1, -0.05) is 0 Å². The van der Waals surface area contributed by atoms with E-state index in [1.165, 1.54) is 6.92 Å². The first-order valence-corrected chi connectivity index (χ1v) is 4.70. The highest BCUT2D eigenvalue weighted by Crippen LogP contribution is 2.14. The Bertz CT molecular complexity index is 396. The summed E-state index contributed by atoms with van der Waals surface area (Å²) in [4.78, 5) is 19.5. The molecule has 14 heavy (non-hydrogen) atoms. The molecule has 4 nitrogen and oxygen atoms in total. The number of aryl methyl sites for hydroxylation is 1. The molecule has 0 spiro atoms. The second-order valence-electron chi connectivity index (χ2n) is 3.48. The van der Waals surface area contributed by atoms with E-state index in [4.69, 9.17) is 0 Å². The molecule has 0 aliphatic carbocycles. The van der Waals surface area contributed by atoms with Gasteiger partial charge in [0, 0.05) is 13.1 Å². The quantitative estimate of drug-likeness (QED) is 0.725. The van der Waals surface area contributed by atoms with Crippen molar-refractivity contribution in [2.75, 3.05) is 18.0 Å². The van der Waals surface area contributed by atoms with Crippen molar-refractivity contribution in [1.82, 2.24) is 9.97 Å². The first-order valence-electron chi connectivity index (χ1n) is 4.70. The van der Waals surface area contributed by atoms with E-state index in [1.807, 2.05) is 4.90 Å². The summed E-state index contributed by atoms with van der Waals surface area (Å²) in [5, 5.41) is 0. The minimum absolute atomic E-state index is 0.163. The Hall–Kier alpha value is -1.39. The molecular weight excluding hydrogens is 185 g/mol. The standard InChI is InChI=1S/C9H12FN3O/c1-6-7(10)8(14)12-9(11-6)13-4-2-3-5-13/h2-5H2,1H3,(H,11,12,14). The zero-order valence-electron chi connectivity index (χ0n) is 8.01. The summed E-state index contributed by atoms with van der Waals surface area (Å²) < 4.78 is 13.0. The molecule has 0 amide bonds. The third-order valence-electron chi connectivity index (χ3n) is 2.42. The SMILES string of the molecule is Cc1nc(N2CCCC2)[nH]c(=O)c1F. The number of H-pyrrole nitrogens is 1. The van der Waals surface area contributed by atoms with Crippen molar-refractivity contribution in [3.05, 3.63) is 21.9 Å². The van der Waals surface area contributed by atoms with Gasteiger partial charge in [0.2, 0.25) is 11.8 Å². The van der Waals surface area contributed by atoms with Crippen molar-refractivity contribution in [2.24, 2.45) is 0 Å². The molecule has 2 rings (SSSR count). The Morgan fingerprint density at radius 1 is 1.43 bits per heavy atom. The maximum atomic E-state index is 13.0. The van der Waals surface area contributed by atoms with E-state index in [-0.39, 0.29) is 5.69 Å². The third kappa shape index (κ3) is 1.49. The summed E-state index contributed by atoms with van der Waals surface area (Å²) in [6, 6.07) is 0. The fourth-order valence-corrected chi connectivity index (χ4v) is 1.64. The van der Waals surface area contributed by atoms with Gasteiger partial charge in [0.15, 0.2) is 0 Å². The van der Waals surface area contributed by atoms with Gasteiger partial charge in [-0.2, -0.15) is 4.39 Å². The minimum atomic E-state index is -0.784. The van der Waals surface area contributed by atoms with Crippen LogP contribution in [-0.2, 0) is 0 Å². The van der Waals surface area contributed by atoms with Crippen LogP contribution in [0.3, 0.4) is 0 Å². The first kappa shape index (κ1) is 9.18. The number of aromatic nitrogens is 2. The highest BCUT2D eigenvalue weighted by molar-refractivity contribution is 5.31. The van der Waals surface area contributed by atoms with Crippen molar-refractivity contribution in [3.8, 4) is 0 Å². The number of nitrogens with zero attached hydrogens (tertiary/aromatic N) is 2. The lowest BCUT2D eigenvalue weighted by atomic mass is 10.4. The Balaban J connectivity index is 2.39. The molecule has 0 atom stereocenters. The first-order chi connectivity index (χ1) is 6.68. The molecule has 1 aliphatic rings. The second-order valence-corrected chi connectivity index (χ2v) is 3.48. The summed E-state index contributed by atoms with van der Waals surface area (Å²) in [7, 11) is 0. The van der Waals surface area contributed by atoms with Gasteiger partial charge in [-0.25, -0.2) is 4.98 Å². The van der Waals surface area contributed by atoms with E-state index < -0.39 is 11.4 Å². The monoisotopic (exact) mass is 197 g/mol. The van der Waals surface area contributed by atoms with Gasteiger partial charge in [0.25, 0.3) is 5.56 Å². The van der Waals surface area contributed by atoms with Crippen LogP contribution in [0.2, 0.25) is 0 Å². The van der Waals surface area contributed by atoms with Gasteiger partial charge in [0.1, 0.15) is 0 Å². The van der Waals surface area contributed by atoms with E-state index in [1.54, 1.807) is 0 Å². The van der Waals surface area contributed by atoms with E-state index in [0.29, 0.717) is 5.95 Å². The lowest BCUT2D eigenvalue weighted by molar-refractivity contribution is 0.587. The van der Waals surface area contributed by atoms with Crippen molar-refractivity contribution >= 4 is 5.95 Å². The highest BCUT2D eigenvalue weighted by Gasteiger charge is 2.16. The van der Waals surface area contributed by atoms with Crippen LogP contribution in [0.15, 0.2) is 4.79 Å². The summed E-state index contributed by atoms with van der Waals surface area (Å²) in [5.41, 5.74) is -0.518. The van der Waals surface area contributed by atoms with Crippen LogP contribution in [-0.4, -0.2) is 23.1 Å². The Kier molecular flexibility index (Phi) is 2.23. The second kappa shape index (κ2) is 3.40. The minimum Gasteiger partial charge on any atom is -0.342 e. The Morgan fingerprint density at radius 3 is 2.64 bits per heavy atom. The van der Waals surface area contributed by atoms with Crippen molar-refractivity contribution in [2.45, 2.75) is 19.8 Å². The van der Waals surface area contributed by atoms with Gasteiger partial charge in [-0.3, -0.25) is 9.78 Å². The van der Waals surface area contributed by atoms with Gasteiger partial charge >= 0.3 is 0 Å². The molecule has 1 aliphatic heterocycles. The van der Waals surface area contributed by atoms with E-state index in [0.717, 1.165) is 25.9 Å². The predicted molar refractivity (Wildman–Crippen MR) is 51.0 cm³/mol. The van der Waals surface area contributed by atoms with Gasteiger partial charge < -0.3 is 4.90 Å². The normalized spacial score (nSPS) is 16.3. The molecule has 1 fully saturated rings. The number of halogens is 1. The molecule has 1 saturated heterocycles. The average Bonchev–Trinajstić information content (AvgIpc) is 2.66. The van der Waals surface area contributed by atoms with Crippen LogP contribution in [0.4, 0.5) is 10.3 Å². The fourth-order valence-electron chi connectivity index (χ4n) is 1.64. The molecule has 1 N–H and O–H groups in total. The van der Waals surface area contributed by atoms with E-state index >= 15 is 0 Å². The predicted octanol–water partition coefficient (Wildman–Crippen LogP) is 0.818. The number of rotatable bonds is 1. The maximum Gasteiger partial charge on any atom is 0.288 e. The summed E-state index contributed by atoms with van der Waals surface area (Å²) in [6.07, 6.45) is 2.19.